The molecule has 112 valence electrons. The second-order valence-corrected chi connectivity index (χ2v) is 6.17. The van der Waals surface area contributed by atoms with Crippen LogP contribution >= 0.6 is 0 Å². The van der Waals surface area contributed by atoms with Gasteiger partial charge in [0.25, 0.3) is 0 Å². The minimum Gasteiger partial charge on any atom is -0.384 e. The first-order chi connectivity index (χ1) is 9.60. The van der Waals surface area contributed by atoms with Crippen LogP contribution in [0.4, 0.5) is 0 Å². The van der Waals surface area contributed by atoms with Crippen LogP contribution in [0.2, 0.25) is 0 Å². The molecular formula is C17H28N2O. The van der Waals surface area contributed by atoms with E-state index < -0.39 is 0 Å². The van der Waals surface area contributed by atoms with Crippen molar-refractivity contribution in [3.63, 3.8) is 0 Å². The molecule has 0 saturated carbocycles. The highest BCUT2D eigenvalue weighted by Gasteiger charge is 2.21. The van der Waals surface area contributed by atoms with Crippen LogP contribution in [0.5, 0.6) is 0 Å². The van der Waals surface area contributed by atoms with Crippen molar-refractivity contribution in [1.29, 1.82) is 0 Å². The van der Waals surface area contributed by atoms with Crippen molar-refractivity contribution in [2.45, 2.75) is 32.7 Å². The van der Waals surface area contributed by atoms with Crippen LogP contribution in [0.1, 0.15) is 35.6 Å². The molecule has 1 aliphatic heterocycles. The molecule has 0 bridgehead atoms. The van der Waals surface area contributed by atoms with E-state index in [9.17, 15) is 0 Å². The Balaban J connectivity index is 1.87. The summed E-state index contributed by atoms with van der Waals surface area (Å²) in [4.78, 5) is 2.50. The molecule has 1 unspecified atom stereocenters. The molecule has 3 heteroatoms. The third-order valence-corrected chi connectivity index (χ3v) is 4.39. The number of hydrogen-bond acceptors (Lipinski definition) is 3. The monoisotopic (exact) mass is 276 g/mol. The molecule has 0 amide bonds. The third kappa shape index (κ3) is 4.05. The normalized spacial score (nSPS) is 19.2. The predicted octanol–water partition coefficient (Wildman–Crippen LogP) is 2.66. The fraction of sp³-hybridized carbons (Fsp3) is 0.647. The molecule has 1 heterocycles. The summed E-state index contributed by atoms with van der Waals surface area (Å²) < 4.78 is 5.25. The number of ether oxygens (including phenoxy) is 1. The maximum atomic E-state index is 6.40. The van der Waals surface area contributed by atoms with Crippen molar-refractivity contribution in [2.24, 2.45) is 11.7 Å². The molecule has 1 aliphatic rings. The maximum absolute atomic E-state index is 6.40. The third-order valence-electron chi connectivity index (χ3n) is 4.39. The summed E-state index contributed by atoms with van der Waals surface area (Å²) in [6, 6.07) is 6.69. The highest BCUT2D eigenvalue weighted by atomic mass is 16.5. The first kappa shape index (κ1) is 15.5. The summed E-state index contributed by atoms with van der Waals surface area (Å²) in [5.41, 5.74) is 10.3. The quantitative estimate of drug-likeness (QED) is 0.898. The minimum absolute atomic E-state index is 0.120. The van der Waals surface area contributed by atoms with E-state index in [-0.39, 0.29) is 6.04 Å². The molecule has 0 aromatic heterocycles. The molecular weight excluding hydrogens is 248 g/mol. The number of piperidine rings is 1. The Kier molecular flexibility index (Phi) is 5.58. The van der Waals surface area contributed by atoms with Gasteiger partial charge in [0.2, 0.25) is 0 Å². The fourth-order valence-corrected chi connectivity index (χ4v) is 3.19. The summed E-state index contributed by atoms with van der Waals surface area (Å²) in [5, 5.41) is 0. The van der Waals surface area contributed by atoms with Crippen molar-refractivity contribution in [1.82, 2.24) is 4.90 Å². The van der Waals surface area contributed by atoms with Crippen LogP contribution in [0.3, 0.4) is 0 Å². The second kappa shape index (κ2) is 7.21. The standard InChI is InChI=1S/C17H28N2O/c1-13-4-5-16(14(2)10-13)17(18)11-19-8-6-15(7-9-19)12-20-3/h4-5,10,15,17H,6-9,11-12,18H2,1-3H3. The Morgan fingerprint density at radius 2 is 2.00 bits per heavy atom. The van der Waals surface area contributed by atoms with E-state index in [0.29, 0.717) is 0 Å². The lowest BCUT2D eigenvalue weighted by molar-refractivity contribution is 0.0971. The molecule has 20 heavy (non-hydrogen) atoms. The predicted molar refractivity (Wildman–Crippen MR) is 83.9 cm³/mol. The van der Waals surface area contributed by atoms with Crippen LogP contribution in [-0.4, -0.2) is 38.3 Å². The van der Waals surface area contributed by atoms with E-state index in [2.05, 4.69) is 36.9 Å². The number of benzene rings is 1. The van der Waals surface area contributed by atoms with E-state index in [1.165, 1.54) is 29.5 Å². The summed E-state index contributed by atoms with van der Waals surface area (Å²) in [5.74, 6) is 0.730. The molecule has 0 radical (unpaired) electrons. The Morgan fingerprint density at radius 3 is 2.60 bits per heavy atom. The van der Waals surface area contributed by atoms with Gasteiger partial charge in [0, 0.05) is 26.3 Å². The topological polar surface area (TPSA) is 38.5 Å². The number of nitrogens with two attached hydrogens (primary N) is 1. The summed E-state index contributed by atoms with van der Waals surface area (Å²) in [6.07, 6.45) is 2.46. The molecule has 0 aliphatic carbocycles. The van der Waals surface area contributed by atoms with Gasteiger partial charge in [-0.15, -0.1) is 0 Å². The molecule has 1 fully saturated rings. The lowest BCUT2D eigenvalue weighted by Gasteiger charge is -2.33. The maximum Gasteiger partial charge on any atom is 0.0491 e. The van der Waals surface area contributed by atoms with Gasteiger partial charge >= 0.3 is 0 Å². The van der Waals surface area contributed by atoms with Gasteiger partial charge in [-0.25, -0.2) is 0 Å². The van der Waals surface area contributed by atoms with Gasteiger partial charge < -0.3 is 15.4 Å². The van der Waals surface area contributed by atoms with Gasteiger partial charge in [-0.2, -0.15) is 0 Å². The smallest absolute Gasteiger partial charge is 0.0491 e. The molecule has 0 spiro atoms. The Morgan fingerprint density at radius 1 is 1.30 bits per heavy atom. The minimum atomic E-state index is 0.120. The SMILES string of the molecule is COCC1CCN(CC(N)c2ccc(C)cc2C)CC1. The van der Waals surface area contributed by atoms with Gasteiger partial charge in [0.15, 0.2) is 0 Å². The molecule has 1 aromatic carbocycles. The van der Waals surface area contributed by atoms with Crippen LogP contribution < -0.4 is 5.73 Å². The zero-order valence-corrected chi connectivity index (χ0v) is 13.1. The number of likely N-dealkylation sites (tertiary alicyclic amines) is 1. The van der Waals surface area contributed by atoms with Crippen LogP contribution in [0.25, 0.3) is 0 Å². The van der Waals surface area contributed by atoms with Crippen molar-refractivity contribution in [3.05, 3.63) is 34.9 Å². The Labute approximate surface area is 123 Å². The molecule has 2 rings (SSSR count). The number of aryl methyl sites for hydroxylation is 2. The van der Waals surface area contributed by atoms with E-state index in [4.69, 9.17) is 10.5 Å². The first-order valence-corrected chi connectivity index (χ1v) is 7.64. The number of rotatable bonds is 5. The fourth-order valence-electron chi connectivity index (χ4n) is 3.19. The van der Waals surface area contributed by atoms with E-state index in [0.717, 1.165) is 32.2 Å². The lowest BCUT2D eigenvalue weighted by atomic mass is 9.95. The Bertz CT molecular complexity index is 425. The van der Waals surface area contributed by atoms with Crippen LogP contribution in [0.15, 0.2) is 18.2 Å². The van der Waals surface area contributed by atoms with E-state index in [1.54, 1.807) is 7.11 Å². The van der Waals surface area contributed by atoms with Gasteiger partial charge in [0.05, 0.1) is 0 Å². The lowest BCUT2D eigenvalue weighted by Crippen LogP contribution is -2.39. The summed E-state index contributed by atoms with van der Waals surface area (Å²) >= 11 is 0. The van der Waals surface area contributed by atoms with Crippen molar-refractivity contribution >= 4 is 0 Å². The van der Waals surface area contributed by atoms with Crippen molar-refractivity contribution in [2.75, 3.05) is 33.4 Å². The average molecular weight is 276 g/mol. The number of hydrogen-bond donors (Lipinski definition) is 1. The molecule has 3 nitrogen and oxygen atoms in total. The van der Waals surface area contributed by atoms with E-state index in [1.807, 2.05) is 0 Å². The van der Waals surface area contributed by atoms with Crippen molar-refractivity contribution < 1.29 is 4.74 Å². The average Bonchev–Trinajstić information content (AvgIpc) is 2.41. The second-order valence-electron chi connectivity index (χ2n) is 6.17. The van der Waals surface area contributed by atoms with Gasteiger partial charge in [-0.05, 0) is 56.8 Å². The van der Waals surface area contributed by atoms with Crippen LogP contribution in [-0.2, 0) is 4.74 Å². The number of nitrogens with zero attached hydrogens (tertiary/aromatic N) is 1. The highest BCUT2D eigenvalue weighted by molar-refractivity contribution is 5.32. The van der Waals surface area contributed by atoms with E-state index >= 15 is 0 Å². The zero-order chi connectivity index (χ0) is 14.5. The van der Waals surface area contributed by atoms with Gasteiger partial charge in [-0.3, -0.25) is 0 Å². The zero-order valence-electron chi connectivity index (χ0n) is 13.1. The Hall–Kier alpha value is -0.900. The van der Waals surface area contributed by atoms with Gasteiger partial charge in [0.1, 0.15) is 0 Å². The summed E-state index contributed by atoms with van der Waals surface area (Å²) in [7, 11) is 1.79. The molecule has 1 atom stereocenters. The largest absolute Gasteiger partial charge is 0.384 e. The number of methoxy groups -OCH3 is 1. The van der Waals surface area contributed by atoms with Crippen LogP contribution in [0, 0.1) is 19.8 Å². The van der Waals surface area contributed by atoms with Crippen molar-refractivity contribution in [3.8, 4) is 0 Å². The first-order valence-electron chi connectivity index (χ1n) is 7.64. The van der Waals surface area contributed by atoms with Gasteiger partial charge in [-0.1, -0.05) is 23.8 Å². The molecule has 1 aromatic rings. The molecule has 2 N–H and O–H groups in total. The summed E-state index contributed by atoms with van der Waals surface area (Å²) in [6.45, 7) is 8.44. The molecule has 1 saturated heterocycles. The highest BCUT2D eigenvalue weighted by Crippen LogP contribution is 2.22.